The Hall–Kier alpha value is -3.17. The molecular formula is C17H23N4O5+. The van der Waals surface area contributed by atoms with Crippen LogP contribution in [0.4, 0.5) is 0 Å². The number of nitrogens with zero attached hydrogens (tertiary/aromatic N) is 1. The number of rotatable bonds is 8. The van der Waals surface area contributed by atoms with Crippen molar-refractivity contribution in [1.29, 1.82) is 5.41 Å². The minimum Gasteiger partial charge on any atom is -0.396 e. The first-order valence-electron chi connectivity index (χ1n) is 7.77. The van der Waals surface area contributed by atoms with Crippen LogP contribution in [-0.4, -0.2) is 34.5 Å². The molecule has 0 saturated heterocycles. The molecule has 0 fully saturated rings. The van der Waals surface area contributed by atoms with Gasteiger partial charge in [0.1, 0.15) is 4.91 Å². The smallest absolute Gasteiger partial charge is 0.396 e. The van der Waals surface area contributed by atoms with Gasteiger partial charge in [-0.25, -0.2) is 0 Å². The summed E-state index contributed by atoms with van der Waals surface area (Å²) < 4.78 is 0. The van der Waals surface area contributed by atoms with E-state index in [1.165, 1.54) is 0 Å². The Morgan fingerprint density at radius 2 is 1.15 bits per heavy atom. The normalized spacial score (nSPS) is 9.62. The Labute approximate surface area is 150 Å². The summed E-state index contributed by atoms with van der Waals surface area (Å²) in [5, 5.41) is 23.7. The fraction of sp³-hybridized carbons (Fsp3) is 0.235. The maximum Gasteiger partial charge on any atom is 0.489 e. The zero-order valence-electron chi connectivity index (χ0n) is 14.2. The van der Waals surface area contributed by atoms with Crippen molar-refractivity contribution in [1.82, 2.24) is 0 Å². The van der Waals surface area contributed by atoms with Gasteiger partial charge in [-0.05, 0) is 48.2 Å². The number of nitrogens with two attached hydrogens (primary N) is 2. The Kier molecular flexibility index (Phi) is 9.15. The third-order valence-corrected chi connectivity index (χ3v) is 3.01. The molecule has 140 valence electrons. The van der Waals surface area contributed by atoms with E-state index in [0.29, 0.717) is 24.3 Å². The summed E-state index contributed by atoms with van der Waals surface area (Å²) >= 11 is 0. The van der Waals surface area contributed by atoms with Crippen LogP contribution in [0, 0.1) is 10.3 Å². The Morgan fingerprint density at radius 3 is 1.42 bits per heavy atom. The molecule has 0 aliphatic carbocycles. The molecule has 0 aliphatic heterocycles. The molecule has 0 aromatic heterocycles. The summed E-state index contributed by atoms with van der Waals surface area (Å²) in [7, 11) is 0. The molecule has 0 heterocycles. The molecule has 0 saturated carbocycles. The highest BCUT2D eigenvalue weighted by Gasteiger charge is 2.16. The minimum atomic E-state index is -0.333. The van der Waals surface area contributed by atoms with Gasteiger partial charge in [-0.1, -0.05) is 24.3 Å². The van der Waals surface area contributed by atoms with Crippen LogP contribution in [0.2, 0.25) is 0 Å². The minimum absolute atomic E-state index is 0.0299. The summed E-state index contributed by atoms with van der Waals surface area (Å²) in [6.07, 6.45) is 1.11. The van der Waals surface area contributed by atoms with Gasteiger partial charge >= 0.3 is 5.09 Å². The van der Waals surface area contributed by atoms with Crippen LogP contribution in [0.15, 0.2) is 48.5 Å². The predicted octanol–water partition coefficient (Wildman–Crippen LogP) is 0.661. The average molecular weight is 363 g/mol. The molecule has 0 aliphatic rings. The summed E-state index contributed by atoms with van der Waals surface area (Å²) in [5.41, 5.74) is 10.8. The second kappa shape index (κ2) is 11.4. The standard InChI is InChI=1S/C16H18NO5.CH5N3/c18-11-9-13-1-5-15(6-2-13)21-17(20)22-16-7-3-14(4-8-16)10-12-19;2-1(3)4/h1-8,18-19H,9-12H2;(H5,2,3,4)/q+1;. The van der Waals surface area contributed by atoms with Crippen molar-refractivity contribution in [2.24, 2.45) is 11.5 Å². The van der Waals surface area contributed by atoms with Crippen molar-refractivity contribution in [3.63, 3.8) is 0 Å². The lowest BCUT2D eigenvalue weighted by Gasteiger charge is -1.99. The summed E-state index contributed by atoms with van der Waals surface area (Å²) in [6, 6.07) is 13.6. The SMILES string of the molecule is N=C(N)N.O=[N+](Oc1ccc(CCO)cc1)Oc1ccc(CCO)cc1. The van der Waals surface area contributed by atoms with Gasteiger partial charge in [0.15, 0.2) is 5.96 Å². The highest BCUT2D eigenvalue weighted by atomic mass is 17.0. The third kappa shape index (κ3) is 8.62. The van der Waals surface area contributed by atoms with Crippen molar-refractivity contribution in [3.8, 4) is 11.5 Å². The van der Waals surface area contributed by atoms with Gasteiger partial charge in [0.05, 0.1) is 0 Å². The Morgan fingerprint density at radius 1 is 0.846 bits per heavy atom. The van der Waals surface area contributed by atoms with Gasteiger partial charge < -0.3 is 21.7 Å². The van der Waals surface area contributed by atoms with Gasteiger partial charge in [-0.3, -0.25) is 5.41 Å². The lowest BCUT2D eigenvalue weighted by molar-refractivity contribution is -0.920. The lowest BCUT2D eigenvalue weighted by Crippen LogP contribution is -2.20. The second-order valence-corrected chi connectivity index (χ2v) is 5.10. The first-order chi connectivity index (χ1) is 12.4. The van der Waals surface area contributed by atoms with Crippen LogP contribution >= 0.6 is 0 Å². The van der Waals surface area contributed by atoms with E-state index >= 15 is 0 Å². The van der Waals surface area contributed by atoms with E-state index in [1.807, 2.05) is 0 Å². The molecule has 2 rings (SSSR count). The topological polar surface area (TPSA) is 155 Å². The van der Waals surface area contributed by atoms with E-state index in [9.17, 15) is 4.91 Å². The van der Waals surface area contributed by atoms with Crippen LogP contribution in [0.3, 0.4) is 0 Å². The predicted molar refractivity (Wildman–Crippen MR) is 95.4 cm³/mol. The fourth-order valence-corrected chi connectivity index (χ4v) is 1.88. The van der Waals surface area contributed by atoms with Gasteiger partial charge in [-0.15, -0.1) is 9.68 Å². The molecule has 2 aromatic rings. The van der Waals surface area contributed by atoms with Crippen molar-refractivity contribution in [2.45, 2.75) is 12.8 Å². The van der Waals surface area contributed by atoms with Crippen LogP contribution < -0.4 is 21.1 Å². The van der Waals surface area contributed by atoms with Gasteiger partial charge in [0.25, 0.3) is 0 Å². The number of benzene rings is 2. The molecule has 0 atom stereocenters. The van der Waals surface area contributed by atoms with Crippen LogP contribution in [-0.2, 0) is 12.8 Å². The number of guanidine groups is 1. The average Bonchev–Trinajstić information content (AvgIpc) is 2.58. The van der Waals surface area contributed by atoms with E-state index in [-0.39, 0.29) is 24.3 Å². The van der Waals surface area contributed by atoms with Crippen molar-refractivity contribution in [2.75, 3.05) is 13.2 Å². The van der Waals surface area contributed by atoms with Crippen molar-refractivity contribution in [3.05, 3.63) is 64.6 Å². The zero-order valence-corrected chi connectivity index (χ0v) is 14.2. The highest BCUT2D eigenvalue weighted by molar-refractivity contribution is 5.71. The maximum atomic E-state index is 11.6. The molecule has 9 nitrogen and oxygen atoms in total. The molecule has 0 radical (unpaired) electrons. The molecular weight excluding hydrogens is 340 g/mol. The Balaban J connectivity index is 0.000000765. The molecule has 0 bridgehead atoms. The third-order valence-electron chi connectivity index (χ3n) is 3.01. The molecule has 26 heavy (non-hydrogen) atoms. The first kappa shape index (κ1) is 20.9. The summed E-state index contributed by atoms with van der Waals surface area (Å²) in [6.45, 7) is 0.145. The van der Waals surface area contributed by atoms with Crippen molar-refractivity contribution < 1.29 is 25.0 Å². The van der Waals surface area contributed by atoms with Gasteiger partial charge in [0.2, 0.25) is 11.5 Å². The molecule has 9 heteroatoms. The Bertz CT molecular complexity index is 632. The van der Waals surface area contributed by atoms with Crippen LogP contribution in [0.25, 0.3) is 0 Å². The number of hydrogen-bond donors (Lipinski definition) is 5. The van der Waals surface area contributed by atoms with E-state index in [1.54, 1.807) is 48.5 Å². The molecule has 0 unspecified atom stereocenters. The number of hydrogen-bond acceptors (Lipinski definition) is 6. The van der Waals surface area contributed by atoms with Crippen LogP contribution in [0.5, 0.6) is 11.5 Å². The quantitative estimate of drug-likeness (QED) is 0.262. The molecule has 7 N–H and O–H groups in total. The van der Waals surface area contributed by atoms with Crippen molar-refractivity contribution >= 4 is 5.96 Å². The summed E-state index contributed by atoms with van der Waals surface area (Å²) in [5.74, 6) is 0.349. The first-order valence-corrected chi connectivity index (χ1v) is 7.77. The highest BCUT2D eigenvalue weighted by Crippen LogP contribution is 2.15. The second-order valence-electron chi connectivity index (χ2n) is 5.10. The lowest BCUT2D eigenvalue weighted by atomic mass is 10.1. The summed E-state index contributed by atoms with van der Waals surface area (Å²) in [4.78, 5) is 21.6. The number of aliphatic hydroxyl groups is 2. The van der Waals surface area contributed by atoms with E-state index < -0.39 is 0 Å². The zero-order chi connectivity index (χ0) is 19.4. The molecule has 0 amide bonds. The van der Waals surface area contributed by atoms with Crippen LogP contribution in [0.1, 0.15) is 11.1 Å². The molecule has 0 spiro atoms. The number of nitrogens with one attached hydrogen (secondary N) is 1. The van der Waals surface area contributed by atoms with E-state index in [0.717, 1.165) is 11.1 Å². The van der Waals surface area contributed by atoms with E-state index in [2.05, 4.69) is 11.5 Å². The molecule has 2 aromatic carbocycles. The monoisotopic (exact) mass is 363 g/mol. The maximum absolute atomic E-state index is 11.6. The van der Waals surface area contributed by atoms with Gasteiger partial charge in [0, 0.05) is 13.2 Å². The number of aliphatic hydroxyl groups excluding tert-OH is 2. The largest absolute Gasteiger partial charge is 0.489 e. The van der Waals surface area contributed by atoms with E-state index in [4.69, 9.17) is 25.3 Å². The fourth-order valence-electron chi connectivity index (χ4n) is 1.88. The van der Waals surface area contributed by atoms with Gasteiger partial charge in [-0.2, -0.15) is 0 Å².